The minimum Gasteiger partial charge on any atom is -0.369 e. The van der Waals surface area contributed by atoms with Gasteiger partial charge in [-0.05, 0) is 28.7 Å². The van der Waals surface area contributed by atoms with Crippen LogP contribution < -0.4 is 15.7 Å². The Kier molecular flexibility index (Phi) is 4.61. The summed E-state index contributed by atoms with van der Waals surface area (Å²) in [5.74, 6) is 0.235. The SMILES string of the molecule is CN=C(N)N/N=C/c1ccc(-c2c([N+](=O)[O-])n3ccccc3[n+]2C)cc1. The molecule has 9 heteroatoms. The van der Waals surface area contributed by atoms with Gasteiger partial charge in [-0.25, -0.2) is 9.99 Å². The molecule has 0 unspecified atom stereocenters. The number of aryl methyl sites for hydroxylation is 1. The van der Waals surface area contributed by atoms with Crippen molar-refractivity contribution < 1.29 is 9.49 Å². The Labute approximate surface area is 149 Å². The van der Waals surface area contributed by atoms with Gasteiger partial charge in [0.15, 0.2) is 0 Å². The van der Waals surface area contributed by atoms with Crippen molar-refractivity contribution in [1.29, 1.82) is 0 Å². The van der Waals surface area contributed by atoms with E-state index in [0.717, 1.165) is 16.8 Å². The summed E-state index contributed by atoms with van der Waals surface area (Å²) in [6, 6.07) is 12.7. The van der Waals surface area contributed by atoms with E-state index >= 15 is 0 Å². The molecular weight excluding hydrogens is 334 g/mol. The first kappa shape index (κ1) is 17.1. The van der Waals surface area contributed by atoms with E-state index in [2.05, 4.69) is 15.5 Å². The van der Waals surface area contributed by atoms with Crippen LogP contribution in [0.2, 0.25) is 0 Å². The van der Waals surface area contributed by atoms with Crippen LogP contribution in [-0.2, 0) is 7.05 Å². The van der Waals surface area contributed by atoms with E-state index in [1.54, 1.807) is 34.5 Å². The van der Waals surface area contributed by atoms with Crippen molar-refractivity contribution >= 4 is 23.6 Å². The molecule has 0 saturated carbocycles. The third-order valence-electron chi connectivity index (χ3n) is 3.95. The van der Waals surface area contributed by atoms with E-state index in [1.807, 2.05) is 43.4 Å². The molecule has 0 aliphatic rings. The van der Waals surface area contributed by atoms with Gasteiger partial charge >= 0.3 is 5.82 Å². The lowest BCUT2D eigenvalue weighted by atomic mass is 10.1. The summed E-state index contributed by atoms with van der Waals surface area (Å²) in [7, 11) is 3.37. The van der Waals surface area contributed by atoms with E-state index in [9.17, 15) is 10.1 Å². The molecule has 0 fully saturated rings. The summed E-state index contributed by atoms with van der Waals surface area (Å²) >= 11 is 0. The molecule has 9 nitrogen and oxygen atoms in total. The molecule has 3 aromatic rings. The molecule has 2 aromatic heterocycles. The predicted molar refractivity (Wildman–Crippen MR) is 98.9 cm³/mol. The molecule has 0 aliphatic heterocycles. The molecular formula is C17H18N7O2+. The highest BCUT2D eigenvalue weighted by Gasteiger charge is 2.29. The van der Waals surface area contributed by atoms with E-state index < -0.39 is 0 Å². The maximum absolute atomic E-state index is 11.6. The second kappa shape index (κ2) is 7.01. The molecule has 132 valence electrons. The van der Waals surface area contributed by atoms with Crippen molar-refractivity contribution in [2.24, 2.45) is 22.9 Å². The summed E-state index contributed by atoms with van der Waals surface area (Å²) in [6.45, 7) is 0. The van der Waals surface area contributed by atoms with Crippen LogP contribution in [0.15, 0.2) is 58.8 Å². The summed E-state index contributed by atoms with van der Waals surface area (Å²) in [6.07, 6.45) is 3.27. The topological polar surface area (TPSA) is 114 Å². The first-order valence-electron chi connectivity index (χ1n) is 7.78. The van der Waals surface area contributed by atoms with Crippen LogP contribution in [0.25, 0.3) is 16.9 Å². The van der Waals surface area contributed by atoms with Gasteiger partial charge in [0, 0.05) is 18.7 Å². The Balaban J connectivity index is 2.01. The zero-order valence-electron chi connectivity index (χ0n) is 14.3. The summed E-state index contributed by atoms with van der Waals surface area (Å²) in [5.41, 5.74) is 10.9. The number of aromatic nitrogens is 2. The number of benzene rings is 1. The average Bonchev–Trinajstić information content (AvgIpc) is 2.95. The first-order valence-corrected chi connectivity index (χ1v) is 7.78. The van der Waals surface area contributed by atoms with Gasteiger partial charge in [0.25, 0.3) is 5.65 Å². The molecule has 0 radical (unpaired) electrons. The lowest BCUT2D eigenvalue weighted by molar-refractivity contribution is -0.634. The van der Waals surface area contributed by atoms with Crippen molar-refractivity contribution in [2.75, 3.05) is 7.05 Å². The normalized spacial score (nSPS) is 12.0. The molecule has 26 heavy (non-hydrogen) atoms. The maximum Gasteiger partial charge on any atom is 0.378 e. The number of rotatable bonds is 4. The Bertz CT molecular complexity index is 1020. The highest BCUT2D eigenvalue weighted by molar-refractivity contribution is 5.83. The van der Waals surface area contributed by atoms with Crippen LogP contribution in [-0.4, -0.2) is 28.5 Å². The number of imidazole rings is 1. The second-order valence-electron chi connectivity index (χ2n) is 5.52. The van der Waals surface area contributed by atoms with Crippen molar-refractivity contribution in [2.45, 2.75) is 0 Å². The molecule has 0 aliphatic carbocycles. The number of hydrazone groups is 1. The number of nitrogens with two attached hydrogens (primary N) is 1. The number of hydrogen-bond donors (Lipinski definition) is 2. The van der Waals surface area contributed by atoms with Crippen molar-refractivity contribution in [3.8, 4) is 11.3 Å². The predicted octanol–water partition coefficient (Wildman–Crippen LogP) is 1.21. The fourth-order valence-corrected chi connectivity index (χ4v) is 2.71. The number of nitro groups is 1. The number of pyridine rings is 1. The van der Waals surface area contributed by atoms with Crippen molar-refractivity contribution in [1.82, 2.24) is 9.83 Å². The molecule has 0 saturated heterocycles. The summed E-state index contributed by atoms with van der Waals surface area (Å²) in [4.78, 5) is 15.0. The number of nitrogens with one attached hydrogen (secondary N) is 1. The van der Waals surface area contributed by atoms with Gasteiger partial charge in [0.2, 0.25) is 11.7 Å². The van der Waals surface area contributed by atoms with E-state index in [1.165, 1.54) is 0 Å². The molecule has 3 rings (SSSR count). The number of aliphatic imine (C=N–C) groups is 1. The van der Waals surface area contributed by atoms with E-state index in [-0.39, 0.29) is 16.7 Å². The number of fused-ring (bicyclic) bond motifs is 1. The third-order valence-corrected chi connectivity index (χ3v) is 3.95. The van der Waals surface area contributed by atoms with Gasteiger partial charge in [0.1, 0.15) is 6.20 Å². The monoisotopic (exact) mass is 352 g/mol. The quantitative estimate of drug-likeness (QED) is 0.241. The molecule has 3 N–H and O–H groups in total. The van der Waals surface area contributed by atoms with Crippen LogP contribution >= 0.6 is 0 Å². The Morgan fingerprint density at radius 1 is 1.31 bits per heavy atom. The van der Waals surface area contributed by atoms with Crippen molar-refractivity contribution in [3.63, 3.8) is 0 Å². The Morgan fingerprint density at radius 3 is 2.69 bits per heavy atom. The molecule has 0 amide bonds. The van der Waals surface area contributed by atoms with Gasteiger partial charge in [-0.15, -0.1) is 0 Å². The Morgan fingerprint density at radius 2 is 2.04 bits per heavy atom. The second-order valence-corrected chi connectivity index (χ2v) is 5.52. The summed E-state index contributed by atoms with van der Waals surface area (Å²) in [5, 5.41) is 15.6. The average molecular weight is 352 g/mol. The number of guanidine groups is 1. The van der Waals surface area contributed by atoms with Crippen LogP contribution in [0.4, 0.5) is 5.82 Å². The fourth-order valence-electron chi connectivity index (χ4n) is 2.71. The van der Waals surface area contributed by atoms with Gasteiger partial charge in [-0.2, -0.15) is 9.50 Å². The largest absolute Gasteiger partial charge is 0.378 e. The molecule has 2 heterocycles. The van der Waals surface area contributed by atoms with Crippen LogP contribution in [0, 0.1) is 10.1 Å². The van der Waals surface area contributed by atoms with Crippen LogP contribution in [0.5, 0.6) is 0 Å². The molecule has 0 spiro atoms. The zero-order valence-corrected chi connectivity index (χ0v) is 14.3. The first-order chi connectivity index (χ1) is 12.5. The van der Waals surface area contributed by atoms with Crippen LogP contribution in [0.1, 0.15) is 5.56 Å². The highest BCUT2D eigenvalue weighted by atomic mass is 16.6. The zero-order chi connectivity index (χ0) is 18.7. The highest BCUT2D eigenvalue weighted by Crippen LogP contribution is 2.28. The minimum atomic E-state index is -0.367. The van der Waals surface area contributed by atoms with Gasteiger partial charge in [-0.3, -0.25) is 4.99 Å². The Hall–Kier alpha value is -3.75. The molecule has 1 aromatic carbocycles. The standard InChI is InChI=1S/C17H18N7O2/c1-19-17(18)21-20-11-12-6-8-13(9-7-12)15-16(24(25)26)23-10-4-3-5-14(23)22(15)2/h3-11H,1-2H3,(H3,18,19,21)/q+1/b20-11+. The summed E-state index contributed by atoms with van der Waals surface area (Å²) < 4.78 is 3.38. The van der Waals surface area contributed by atoms with Gasteiger partial charge in [-0.1, -0.05) is 18.2 Å². The maximum atomic E-state index is 11.6. The van der Waals surface area contributed by atoms with Gasteiger partial charge in [0.05, 0.1) is 13.3 Å². The van der Waals surface area contributed by atoms with Gasteiger partial charge < -0.3 is 15.8 Å². The van der Waals surface area contributed by atoms with Crippen LogP contribution in [0.3, 0.4) is 0 Å². The van der Waals surface area contributed by atoms with E-state index in [4.69, 9.17) is 5.73 Å². The smallest absolute Gasteiger partial charge is 0.369 e. The molecule has 0 atom stereocenters. The minimum absolute atomic E-state index is 0.0260. The third kappa shape index (κ3) is 3.09. The lowest BCUT2D eigenvalue weighted by Crippen LogP contribution is -2.29. The lowest BCUT2D eigenvalue weighted by Gasteiger charge is -2.01. The number of hydrogen-bond acceptors (Lipinski definition) is 4. The fraction of sp³-hybridized carbons (Fsp3) is 0.118. The van der Waals surface area contributed by atoms with Crippen molar-refractivity contribution in [3.05, 3.63) is 64.3 Å². The number of nitrogens with zero attached hydrogens (tertiary/aromatic N) is 5. The molecule has 0 bridgehead atoms. The van der Waals surface area contributed by atoms with E-state index in [0.29, 0.717) is 5.69 Å².